The molecule has 6 rings (SSSR count). The first-order chi connectivity index (χ1) is 19.0. The molecule has 13 heteroatoms. The van der Waals surface area contributed by atoms with E-state index in [1.165, 1.54) is 12.8 Å². The molecule has 4 saturated heterocycles. The second kappa shape index (κ2) is 12.2. The highest BCUT2D eigenvalue weighted by Crippen LogP contribution is 2.42. The lowest BCUT2D eigenvalue weighted by Gasteiger charge is -2.41. The van der Waals surface area contributed by atoms with Crippen molar-refractivity contribution < 1.29 is 29.5 Å². The number of nitrogens with two attached hydrogens (primary N) is 1. The lowest BCUT2D eigenvalue weighted by atomic mass is 9.91. The average Bonchev–Trinajstić information content (AvgIpc) is 3.58. The Hall–Kier alpha value is -1.45. The van der Waals surface area contributed by atoms with E-state index >= 15 is 0 Å². The van der Waals surface area contributed by atoms with Crippen molar-refractivity contribution in [2.75, 3.05) is 45.2 Å². The van der Waals surface area contributed by atoms with E-state index < -0.39 is 6.10 Å². The van der Waals surface area contributed by atoms with Crippen LogP contribution in [0.1, 0.15) is 32.1 Å². The Morgan fingerprint density at radius 1 is 1.21 bits per heavy atom. The molecule has 5 heterocycles. The van der Waals surface area contributed by atoms with Crippen LogP contribution in [0.3, 0.4) is 0 Å². The molecular formula is C26H44N7O5S+. The second-order valence-corrected chi connectivity index (χ2v) is 13.0. The summed E-state index contributed by atoms with van der Waals surface area (Å²) in [7, 11) is 0. The average molecular weight is 567 g/mol. The number of morpholine rings is 1. The molecule has 39 heavy (non-hydrogen) atoms. The van der Waals surface area contributed by atoms with Gasteiger partial charge in [0.25, 0.3) is 0 Å². The molecule has 1 saturated carbocycles. The summed E-state index contributed by atoms with van der Waals surface area (Å²) in [5.74, 6) is 1.03. The largest absolute Gasteiger partial charge is 0.472 e. The Kier molecular flexibility index (Phi) is 8.66. The van der Waals surface area contributed by atoms with Crippen molar-refractivity contribution in [3.63, 3.8) is 0 Å². The van der Waals surface area contributed by atoms with Crippen molar-refractivity contribution in [1.82, 2.24) is 26.2 Å². The van der Waals surface area contributed by atoms with E-state index in [0.717, 1.165) is 38.1 Å². The Morgan fingerprint density at radius 3 is 2.82 bits per heavy atom. The number of ketones is 1. The summed E-state index contributed by atoms with van der Waals surface area (Å²) >= 11 is 1.90. The third-order valence-electron chi connectivity index (χ3n) is 9.18. The Bertz CT molecular complexity index is 936. The molecule has 1 amide bonds. The predicted molar refractivity (Wildman–Crippen MR) is 145 cm³/mol. The number of nitrogens with one attached hydrogen (secondary N) is 4. The Balaban J connectivity index is 1.06. The fourth-order valence-corrected chi connectivity index (χ4v) is 8.45. The lowest BCUT2D eigenvalue weighted by molar-refractivity contribution is -0.431. The maximum atomic E-state index is 12.9. The van der Waals surface area contributed by atoms with Gasteiger partial charge in [-0.25, -0.2) is 0 Å². The molecule has 10 atom stereocenters. The van der Waals surface area contributed by atoms with Gasteiger partial charge in [-0.1, -0.05) is 6.42 Å². The maximum absolute atomic E-state index is 12.9. The molecule has 0 bridgehead atoms. The number of carbonyl (C=O) groups excluding carboxylic acids is 2. The van der Waals surface area contributed by atoms with E-state index in [0.29, 0.717) is 49.6 Å². The molecule has 1 aliphatic carbocycles. The van der Waals surface area contributed by atoms with Crippen LogP contribution in [0.5, 0.6) is 0 Å². The van der Waals surface area contributed by atoms with Crippen molar-refractivity contribution in [3.8, 4) is 0 Å². The number of amides is 1. The van der Waals surface area contributed by atoms with Gasteiger partial charge in [-0.2, -0.15) is 11.8 Å². The first-order valence-electron chi connectivity index (χ1n) is 14.6. The van der Waals surface area contributed by atoms with Crippen molar-refractivity contribution in [3.05, 3.63) is 12.0 Å². The monoisotopic (exact) mass is 566 g/mol. The zero-order chi connectivity index (χ0) is 26.9. The molecule has 0 aromatic rings. The van der Waals surface area contributed by atoms with Crippen LogP contribution in [-0.4, -0.2) is 110 Å². The fourth-order valence-electron chi connectivity index (χ4n) is 6.89. The molecule has 0 aromatic heterocycles. The maximum Gasteiger partial charge on any atom is 0.224 e. The van der Waals surface area contributed by atoms with Gasteiger partial charge in [0, 0.05) is 55.1 Å². The van der Waals surface area contributed by atoms with Crippen LogP contribution >= 0.6 is 11.8 Å². The quantitative estimate of drug-likeness (QED) is 0.195. The third-order valence-corrected chi connectivity index (χ3v) is 10.7. The van der Waals surface area contributed by atoms with E-state index in [-0.39, 0.29) is 48.1 Å². The normalized spacial score (nSPS) is 43.1. The number of fused-ring (bicyclic) bond motifs is 1. The highest BCUT2D eigenvalue weighted by atomic mass is 32.2. The van der Waals surface area contributed by atoms with E-state index in [1.807, 2.05) is 11.8 Å². The summed E-state index contributed by atoms with van der Waals surface area (Å²) in [6, 6.07) is 0.950. The van der Waals surface area contributed by atoms with Gasteiger partial charge in [-0.3, -0.25) is 30.9 Å². The molecule has 6 aliphatic rings. The van der Waals surface area contributed by atoms with Gasteiger partial charge < -0.3 is 30.6 Å². The third kappa shape index (κ3) is 6.10. The number of thioether (sulfide) groups is 1. The molecule has 218 valence electrons. The molecular weight excluding hydrogens is 522 g/mol. The van der Waals surface area contributed by atoms with Gasteiger partial charge in [-0.05, 0) is 19.3 Å². The molecule has 8 unspecified atom stereocenters. The number of hydrogen-bond acceptors (Lipinski definition) is 11. The second-order valence-electron chi connectivity index (χ2n) is 11.8. The lowest BCUT2D eigenvalue weighted by Crippen LogP contribution is -2.76. The first kappa shape index (κ1) is 27.7. The first-order valence-corrected chi connectivity index (χ1v) is 15.6. The zero-order valence-corrected chi connectivity index (χ0v) is 23.3. The molecule has 5 aliphatic heterocycles. The van der Waals surface area contributed by atoms with Crippen molar-refractivity contribution in [2.24, 2.45) is 17.6 Å². The van der Waals surface area contributed by atoms with Crippen LogP contribution in [0, 0.1) is 11.8 Å². The van der Waals surface area contributed by atoms with E-state index in [9.17, 15) is 9.59 Å². The van der Waals surface area contributed by atoms with Gasteiger partial charge in [-0.15, -0.1) is 0 Å². The molecule has 12 nitrogen and oxygen atoms in total. The fraction of sp³-hybridized carbons (Fsp3) is 0.846. The molecule has 5 fully saturated rings. The van der Waals surface area contributed by atoms with E-state index in [2.05, 4.69) is 31.9 Å². The number of primary amides is 1. The molecule has 9 N–H and O–H groups in total. The number of nitrogens with zero attached hydrogens (tertiary/aromatic N) is 1. The smallest absolute Gasteiger partial charge is 0.224 e. The van der Waals surface area contributed by atoms with Gasteiger partial charge in [0.2, 0.25) is 5.91 Å². The number of quaternary nitrogens is 1. The standard InChI is InChI=1S/C26H43N7O5S/c27-17-3-1-2-4-18(17)31-26-29-11-15(24(28)35)25(32-26)30-14-9-20(39-13-14)16-12-37-23-19(34)10-21(38-22(16)23)33-5-7-36-8-6-33/h10,14-18,20,22-23,25-26,29-32H,1-9,11-13,27H2,(H2,28,35)/p+1/t14?,15?,16?,17-,18+,20?,22?,23?,25?,26?/m1/s1. The Morgan fingerprint density at radius 2 is 2.03 bits per heavy atom. The summed E-state index contributed by atoms with van der Waals surface area (Å²) < 4.78 is 17.9. The summed E-state index contributed by atoms with van der Waals surface area (Å²) in [5, 5.41) is 14.7. The van der Waals surface area contributed by atoms with Crippen molar-refractivity contribution in [1.29, 1.82) is 0 Å². The summed E-state index contributed by atoms with van der Waals surface area (Å²) in [6.45, 7) is 3.76. The van der Waals surface area contributed by atoms with Crippen molar-refractivity contribution in [2.45, 2.75) is 80.1 Å². The van der Waals surface area contributed by atoms with Crippen LogP contribution in [0.15, 0.2) is 12.0 Å². The minimum absolute atomic E-state index is 0.00264. The number of carbonyl (C=O) groups is 2. The van der Waals surface area contributed by atoms with E-state index in [1.54, 1.807) is 6.08 Å². The topological polar surface area (TPSA) is 167 Å². The molecule has 0 spiro atoms. The van der Waals surface area contributed by atoms with Crippen LogP contribution in [0.25, 0.3) is 0 Å². The van der Waals surface area contributed by atoms with Crippen LogP contribution in [0.2, 0.25) is 0 Å². The van der Waals surface area contributed by atoms with Crippen LogP contribution in [0.4, 0.5) is 0 Å². The zero-order valence-electron chi connectivity index (χ0n) is 22.5. The summed E-state index contributed by atoms with van der Waals surface area (Å²) in [6.07, 6.45) is 6.09. The van der Waals surface area contributed by atoms with E-state index in [4.69, 9.17) is 19.9 Å². The molecule has 0 aromatic carbocycles. The predicted octanol–water partition coefficient (Wildman–Crippen LogP) is -2.35. The minimum Gasteiger partial charge on any atom is -0.472 e. The van der Waals surface area contributed by atoms with Gasteiger partial charge in [0.1, 0.15) is 12.4 Å². The van der Waals surface area contributed by atoms with Gasteiger partial charge in [0.15, 0.2) is 17.8 Å². The summed E-state index contributed by atoms with van der Waals surface area (Å²) in [5.41, 5.74) is 10.1. The van der Waals surface area contributed by atoms with Gasteiger partial charge >= 0.3 is 0 Å². The summed E-state index contributed by atoms with van der Waals surface area (Å²) in [4.78, 5) is 27.3. The number of ether oxygens (including phenoxy) is 3. The highest BCUT2D eigenvalue weighted by molar-refractivity contribution is 8.00. The Labute approximate surface area is 234 Å². The SMILES string of the molecule is NC(=O)C1CNC(N[C@H]2CCCC[C@H]2[NH3+])NC1NC1CSC(C2COC3C(=O)C=C(N4CCOCC4)OC32)C1. The van der Waals surface area contributed by atoms with Crippen LogP contribution in [-0.2, 0) is 23.8 Å². The number of rotatable bonds is 7. The number of hydrogen-bond donors (Lipinski definition) is 6. The molecule has 0 radical (unpaired) electrons. The minimum atomic E-state index is -0.527. The highest BCUT2D eigenvalue weighted by Gasteiger charge is 2.51. The van der Waals surface area contributed by atoms with Crippen LogP contribution < -0.4 is 32.7 Å². The van der Waals surface area contributed by atoms with Gasteiger partial charge in [0.05, 0.1) is 44.0 Å². The van der Waals surface area contributed by atoms with Crippen molar-refractivity contribution >= 4 is 23.5 Å².